The highest BCUT2D eigenvalue weighted by molar-refractivity contribution is 7.09. The number of aromatic nitrogens is 1. The van der Waals surface area contributed by atoms with Crippen LogP contribution in [-0.4, -0.2) is 18.2 Å². The van der Waals surface area contributed by atoms with Crippen molar-refractivity contribution in [3.63, 3.8) is 0 Å². The zero-order chi connectivity index (χ0) is 16.5. The summed E-state index contributed by atoms with van der Waals surface area (Å²) < 4.78 is 10.8. The Labute approximate surface area is 143 Å². The quantitative estimate of drug-likeness (QED) is 0.790. The van der Waals surface area contributed by atoms with Gasteiger partial charge in [0.05, 0.1) is 13.7 Å². The van der Waals surface area contributed by atoms with Crippen LogP contribution in [-0.2, 0) is 19.4 Å². The van der Waals surface area contributed by atoms with Gasteiger partial charge < -0.3 is 14.6 Å². The molecule has 6 heteroatoms. The first-order chi connectivity index (χ1) is 11.8. The van der Waals surface area contributed by atoms with Crippen molar-refractivity contribution in [3.8, 4) is 17.1 Å². The number of nitrogens with one attached hydrogen (secondary N) is 1. The van der Waals surface area contributed by atoms with Gasteiger partial charge in [-0.1, -0.05) is 17.3 Å². The molecule has 0 spiro atoms. The Morgan fingerprint density at radius 2 is 2.29 bits per heavy atom. The normalized spacial score (nSPS) is 12.4. The molecule has 0 unspecified atom stereocenters. The molecule has 0 saturated heterocycles. The van der Waals surface area contributed by atoms with E-state index in [1.54, 1.807) is 18.4 Å². The lowest BCUT2D eigenvalue weighted by Crippen LogP contribution is -2.24. The molecule has 4 rings (SSSR count). The van der Waals surface area contributed by atoms with Crippen LogP contribution in [0.1, 0.15) is 26.5 Å². The van der Waals surface area contributed by atoms with Gasteiger partial charge in [-0.15, -0.1) is 11.3 Å². The molecule has 5 nitrogen and oxygen atoms in total. The van der Waals surface area contributed by atoms with Crippen molar-refractivity contribution in [2.45, 2.75) is 19.4 Å². The van der Waals surface area contributed by atoms with Gasteiger partial charge in [-0.25, -0.2) is 0 Å². The summed E-state index contributed by atoms with van der Waals surface area (Å²) in [5, 5.41) is 8.93. The van der Waals surface area contributed by atoms with Crippen molar-refractivity contribution in [2.24, 2.45) is 0 Å². The topological polar surface area (TPSA) is 64.4 Å². The highest BCUT2D eigenvalue weighted by Crippen LogP contribution is 2.37. The van der Waals surface area contributed by atoms with Crippen molar-refractivity contribution < 1.29 is 14.1 Å². The van der Waals surface area contributed by atoms with Crippen LogP contribution >= 0.6 is 11.3 Å². The summed E-state index contributed by atoms with van der Waals surface area (Å²) in [6, 6.07) is 9.87. The summed E-state index contributed by atoms with van der Waals surface area (Å²) in [5.74, 6) is 1.25. The average Bonchev–Trinajstić information content (AvgIpc) is 3.28. The molecule has 1 aromatic carbocycles. The zero-order valence-corrected chi connectivity index (χ0v) is 14.0. The first kappa shape index (κ1) is 15.0. The van der Waals surface area contributed by atoms with E-state index in [1.807, 2.05) is 35.7 Å². The Morgan fingerprint density at radius 3 is 3.08 bits per heavy atom. The maximum atomic E-state index is 12.5. The molecule has 3 aromatic rings. The summed E-state index contributed by atoms with van der Waals surface area (Å²) in [5.41, 5.74) is 3.40. The third-order valence-electron chi connectivity index (χ3n) is 4.21. The molecular weight excluding hydrogens is 324 g/mol. The van der Waals surface area contributed by atoms with Gasteiger partial charge in [-0.05, 0) is 42.0 Å². The maximum absolute atomic E-state index is 12.5. The molecule has 2 heterocycles. The lowest BCUT2D eigenvalue weighted by atomic mass is 9.89. The maximum Gasteiger partial charge on any atom is 0.274 e. The van der Waals surface area contributed by atoms with E-state index >= 15 is 0 Å². The SMILES string of the molecule is COc1ccc2c(c1)-c1onc(C(=O)NCc3cccs3)c1CC2. The van der Waals surface area contributed by atoms with E-state index in [1.165, 1.54) is 5.56 Å². The number of amides is 1. The zero-order valence-electron chi connectivity index (χ0n) is 13.2. The number of methoxy groups -OCH3 is 1. The molecule has 1 aliphatic carbocycles. The predicted molar refractivity (Wildman–Crippen MR) is 91.4 cm³/mol. The first-order valence-electron chi connectivity index (χ1n) is 7.72. The molecule has 0 bridgehead atoms. The Bertz CT molecular complexity index is 884. The number of carbonyl (C=O) groups is 1. The largest absolute Gasteiger partial charge is 0.497 e. The van der Waals surface area contributed by atoms with Crippen LogP contribution < -0.4 is 10.1 Å². The van der Waals surface area contributed by atoms with Crippen molar-refractivity contribution >= 4 is 17.2 Å². The number of thiophene rings is 1. The van der Waals surface area contributed by atoms with Crippen LogP contribution in [0.4, 0.5) is 0 Å². The summed E-state index contributed by atoms with van der Waals surface area (Å²) >= 11 is 1.61. The van der Waals surface area contributed by atoms with Crippen LogP contribution in [0.3, 0.4) is 0 Å². The fraction of sp³-hybridized carbons (Fsp3) is 0.222. The Hall–Kier alpha value is -2.60. The van der Waals surface area contributed by atoms with E-state index in [0.717, 1.165) is 34.6 Å². The molecule has 1 amide bonds. The van der Waals surface area contributed by atoms with Crippen molar-refractivity contribution in [2.75, 3.05) is 7.11 Å². The second kappa shape index (κ2) is 6.13. The van der Waals surface area contributed by atoms with Crippen LogP contribution in [0.5, 0.6) is 5.75 Å². The van der Waals surface area contributed by atoms with Crippen LogP contribution in [0.15, 0.2) is 40.2 Å². The number of fused-ring (bicyclic) bond motifs is 3. The minimum Gasteiger partial charge on any atom is -0.497 e. The van der Waals surface area contributed by atoms with E-state index in [9.17, 15) is 4.79 Å². The van der Waals surface area contributed by atoms with E-state index < -0.39 is 0 Å². The number of hydrogen-bond acceptors (Lipinski definition) is 5. The Balaban J connectivity index is 1.61. The third kappa shape index (κ3) is 2.59. The fourth-order valence-electron chi connectivity index (χ4n) is 2.97. The van der Waals surface area contributed by atoms with E-state index in [4.69, 9.17) is 9.26 Å². The molecule has 0 saturated carbocycles. The number of rotatable bonds is 4. The van der Waals surface area contributed by atoms with Crippen LogP contribution in [0, 0.1) is 0 Å². The minimum atomic E-state index is -0.195. The van der Waals surface area contributed by atoms with Gasteiger partial charge in [0.25, 0.3) is 5.91 Å². The smallest absolute Gasteiger partial charge is 0.274 e. The number of hydrogen-bond donors (Lipinski definition) is 1. The van der Waals surface area contributed by atoms with Gasteiger partial charge in [0.2, 0.25) is 0 Å². The molecular formula is C18H16N2O3S. The van der Waals surface area contributed by atoms with Crippen LogP contribution in [0.25, 0.3) is 11.3 Å². The molecule has 122 valence electrons. The van der Waals surface area contributed by atoms with Crippen molar-refractivity contribution in [3.05, 3.63) is 57.4 Å². The highest BCUT2D eigenvalue weighted by Gasteiger charge is 2.27. The predicted octanol–water partition coefficient (Wildman–Crippen LogP) is 3.44. The summed E-state index contributed by atoms with van der Waals surface area (Å²) in [7, 11) is 1.63. The molecule has 0 aliphatic heterocycles. The number of aryl methyl sites for hydroxylation is 1. The Morgan fingerprint density at radius 1 is 1.38 bits per heavy atom. The first-order valence-corrected chi connectivity index (χ1v) is 8.60. The average molecular weight is 340 g/mol. The molecule has 0 fully saturated rings. The number of benzene rings is 1. The summed E-state index contributed by atoms with van der Waals surface area (Å²) in [4.78, 5) is 13.6. The molecule has 0 radical (unpaired) electrons. The molecule has 1 aliphatic rings. The van der Waals surface area contributed by atoms with Gasteiger partial charge >= 0.3 is 0 Å². The number of carbonyl (C=O) groups excluding carboxylic acids is 1. The van der Waals surface area contributed by atoms with Crippen LogP contribution in [0.2, 0.25) is 0 Å². The standard InChI is InChI=1S/C18H16N2O3S/c1-22-12-6-4-11-5-7-14-16(20-23-17(14)15(11)9-12)18(21)19-10-13-3-2-8-24-13/h2-4,6,8-9H,5,7,10H2,1H3,(H,19,21). The van der Waals surface area contributed by atoms with Gasteiger partial charge in [-0.2, -0.15) is 0 Å². The van der Waals surface area contributed by atoms with E-state index in [2.05, 4.69) is 10.5 Å². The molecule has 24 heavy (non-hydrogen) atoms. The minimum absolute atomic E-state index is 0.195. The van der Waals surface area contributed by atoms with Gasteiger partial charge in [0, 0.05) is 16.0 Å². The highest BCUT2D eigenvalue weighted by atomic mass is 32.1. The Kier molecular flexibility index (Phi) is 3.82. The van der Waals surface area contributed by atoms with E-state index in [0.29, 0.717) is 18.0 Å². The summed E-state index contributed by atoms with van der Waals surface area (Å²) in [6.45, 7) is 0.503. The molecule has 0 atom stereocenters. The van der Waals surface area contributed by atoms with Gasteiger partial charge in [0.1, 0.15) is 5.75 Å². The van der Waals surface area contributed by atoms with E-state index in [-0.39, 0.29) is 5.91 Å². The number of nitrogens with zero attached hydrogens (tertiary/aromatic N) is 1. The molecule has 1 N–H and O–H groups in total. The van der Waals surface area contributed by atoms with Gasteiger partial charge in [-0.3, -0.25) is 4.79 Å². The second-order valence-electron chi connectivity index (χ2n) is 5.62. The monoisotopic (exact) mass is 340 g/mol. The third-order valence-corrected chi connectivity index (χ3v) is 5.09. The lowest BCUT2D eigenvalue weighted by molar-refractivity contribution is 0.0941. The number of ether oxygens (including phenoxy) is 1. The van der Waals surface area contributed by atoms with Crippen molar-refractivity contribution in [1.29, 1.82) is 0 Å². The summed E-state index contributed by atoms with van der Waals surface area (Å²) in [6.07, 6.45) is 1.61. The second-order valence-corrected chi connectivity index (χ2v) is 6.66. The lowest BCUT2D eigenvalue weighted by Gasteiger charge is -2.15. The molecule has 2 aromatic heterocycles. The van der Waals surface area contributed by atoms with Crippen molar-refractivity contribution in [1.82, 2.24) is 10.5 Å². The van der Waals surface area contributed by atoms with Gasteiger partial charge in [0.15, 0.2) is 11.5 Å². The fourth-order valence-corrected chi connectivity index (χ4v) is 3.61.